The molecule has 1 rings (SSSR count). The van der Waals surface area contributed by atoms with Gasteiger partial charge in [-0.05, 0) is 6.07 Å². The lowest BCUT2D eigenvalue weighted by Crippen LogP contribution is -2.20. The van der Waals surface area contributed by atoms with Gasteiger partial charge in [-0.3, -0.25) is 0 Å². The Morgan fingerprint density at radius 1 is 1.47 bits per heavy atom. The van der Waals surface area contributed by atoms with Gasteiger partial charge >= 0.3 is 12.3 Å². The van der Waals surface area contributed by atoms with Gasteiger partial charge in [0.05, 0.1) is 5.56 Å². The summed E-state index contributed by atoms with van der Waals surface area (Å²) in [4.78, 5) is 13.6. The van der Waals surface area contributed by atoms with Crippen LogP contribution in [0.15, 0.2) is 6.07 Å². The maximum absolute atomic E-state index is 12.6. The molecule has 1 aromatic rings. The molecule has 19 heavy (non-hydrogen) atoms. The van der Waals surface area contributed by atoms with E-state index in [1.807, 2.05) is 0 Å². The topological polar surface area (TPSA) is 83.2 Å². The number of nitriles is 1. The number of hydrogen-bond donors (Lipinski definition) is 1. The molecule has 102 valence electrons. The van der Waals surface area contributed by atoms with Crippen LogP contribution in [-0.2, 0) is 0 Å². The Morgan fingerprint density at radius 3 is 2.42 bits per heavy atom. The highest BCUT2D eigenvalue weighted by Crippen LogP contribution is 2.35. The minimum Gasteiger partial charge on any atom is -0.477 e. The molecule has 0 fully saturated rings. The van der Waals surface area contributed by atoms with E-state index in [2.05, 4.69) is 9.72 Å². The van der Waals surface area contributed by atoms with Crippen molar-refractivity contribution in [2.75, 3.05) is 0 Å². The molecule has 1 aromatic heterocycles. The molecular formula is C9H3F5N2O3. The molecule has 1 heterocycles. The molecule has 0 aromatic carbocycles. The number of carboxylic acid groups (broad SMARTS) is 1. The number of aromatic carboxylic acids is 1. The lowest BCUT2D eigenvalue weighted by Gasteiger charge is -2.14. The first-order valence-electron chi connectivity index (χ1n) is 4.38. The van der Waals surface area contributed by atoms with Gasteiger partial charge in [0, 0.05) is 0 Å². The molecule has 0 aliphatic rings. The maximum Gasteiger partial charge on any atom is 0.573 e. The second kappa shape index (κ2) is 5.05. The number of carboxylic acids is 1. The summed E-state index contributed by atoms with van der Waals surface area (Å²) in [5, 5.41) is 17.1. The summed E-state index contributed by atoms with van der Waals surface area (Å²) in [6.45, 7) is 0. The Balaban J connectivity index is 3.51. The number of ether oxygens (including phenoxy) is 1. The summed E-state index contributed by atoms with van der Waals surface area (Å²) in [5.41, 5.74) is -3.55. The number of nitrogens with zero attached hydrogens (tertiary/aromatic N) is 2. The quantitative estimate of drug-likeness (QED) is 0.861. The van der Waals surface area contributed by atoms with Crippen LogP contribution in [0.5, 0.6) is 5.75 Å². The summed E-state index contributed by atoms with van der Waals surface area (Å²) < 4.78 is 64.6. The third kappa shape index (κ3) is 3.51. The molecular weight excluding hydrogens is 279 g/mol. The molecule has 0 atom stereocenters. The molecule has 0 aliphatic carbocycles. The van der Waals surface area contributed by atoms with Crippen LogP contribution >= 0.6 is 0 Å². The van der Waals surface area contributed by atoms with Crippen molar-refractivity contribution in [3.8, 4) is 11.8 Å². The van der Waals surface area contributed by atoms with E-state index in [1.54, 1.807) is 0 Å². The van der Waals surface area contributed by atoms with Crippen LogP contribution in [0.3, 0.4) is 0 Å². The minimum atomic E-state index is -5.32. The first-order chi connectivity index (χ1) is 8.65. The Labute approximate surface area is 101 Å². The van der Waals surface area contributed by atoms with E-state index in [0.29, 0.717) is 0 Å². The molecule has 5 nitrogen and oxygen atoms in total. The van der Waals surface area contributed by atoms with Gasteiger partial charge < -0.3 is 9.84 Å². The number of rotatable bonds is 3. The van der Waals surface area contributed by atoms with Gasteiger partial charge in [0.25, 0.3) is 6.43 Å². The van der Waals surface area contributed by atoms with E-state index in [0.717, 1.165) is 6.07 Å². The number of hydrogen-bond acceptors (Lipinski definition) is 4. The average Bonchev–Trinajstić information content (AvgIpc) is 2.26. The van der Waals surface area contributed by atoms with Crippen molar-refractivity contribution in [2.45, 2.75) is 12.8 Å². The SMILES string of the molecule is N#Cc1nc(C(=O)O)cc(C(F)F)c1OC(F)(F)F. The number of pyridine rings is 1. The largest absolute Gasteiger partial charge is 0.573 e. The van der Waals surface area contributed by atoms with E-state index in [1.165, 1.54) is 0 Å². The summed E-state index contributed by atoms with van der Waals surface area (Å²) in [6, 6.07) is 1.29. The Morgan fingerprint density at radius 2 is 2.05 bits per heavy atom. The third-order valence-electron chi connectivity index (χ3n) is 1.78. The fourth-order valence-electron chi connectivity index (χ4n) is 1.12. The van der Waals surface area contributed by atoms with Crippen molar-refractivity contribution in [1.29, 1.82) is 5.26 Å². The van der Waals surface area contributed by atoms with Crippen molar-refractivity contribution in [1.82, 2.24) is 4.98 Å². The molecule has 0 amide bonds. The molecule has 0 aliphatic heterocycles. The van der Waals surface area contributed by atoms with Crippen LogP contribution in [0, 0.1) is 11.3 Å². The average molecular weight is 282 g/mol. The van der Waals surface area contributed by atoms with Crippen molar-refractivity contribution in [3.05, 3.63) is 23.0 Å². The summed E-state index contributed by atoms with van der Waals surface area (Å²) >= 11 is 0. The molecule has 1 N–H and O–H groups in total. The molecule has 0 saturated heterocycles. The number of alkyl halides is 5. The van der Waals surface area contributed by atoms with E-state index in [9.17, 15) is 26.7 Å². The highest BCUT2D eigenvalue weighted by Gasteiger charge is 2.36. The first-order valence-corrected chi connectivity index (χ1v) is 4.38. The minimum absolute atomic E-state index is 0.217. The van der Waals surface area contributed by atoms with E-state index in [4.69, 9.17) is 10.4 Å². The Kier molecular flexibility index (Phi) is 3.89. The van der Waals surface area contributed by atoms with Gasteiger partial charge in [-0.1, -0.05) is 0 Å². The van der Waals surface area contributed by atoms with Crippen molar-refractivity contribution >= 4 is 5.97 Å². The standard InChI is InChI=1S/C9H3F5N2O3/c10-7(11)3-1-4(8(17)18)16-5(2-15)6(3)19-9(12,13)14/h1,7H,(H,17,18). The van der Waals surface area contributed by atoms with Crippen molar-refractivity contribution in [3.63, 3.8) is 0 Å². The Hall–Kier alpha value is -2.44. The predicted molar refractivity (Wildman–Crippen MR) is 47.6 cm³/mol. The van der Waals surface area contributed by atoms with Gasteiger partial charge in [-0.25, -0.2) is 18.6 Å². The van der Waals surface area contributed by atoms with Crippen LogP contribution in [0.1, 0.15) is 28.2 Å². The summed E-state index contributed by atoms with van der Waals surface area (Å²) in [7, 11) is 0. The van der Waals surface area contributed by atoms with E-state index >= 15 is 0 Å². The molecule has 0 bridgehead atoms. The highest BCUT2D eigenvalue weighted by molar-refractivity contribution is 5.86. The monoisotopic (exact) mass is 282 g/mol. The van der Waals surface area contributed by atoms with Crippen LogP contribution in [0.2, 0.25) is 0 Å². The van der Waals surface area contributed by atoms with Crippen LogP contribution in [0.4, 0.5) is 22.0 Å². The lowest BCUT2D eigenvalue weighted by atomic mass is 10.1. The highest BCUT2D eigenvalue weighted by atomic mass is 19.4. The van der Waals surface area contributed by atoms with Crippen molar-refractivity contribution in [2.24, 2.45) is 0 Å². The van der Waals surface area contributed by atoms with Crippen LogP contribution < -0.4 is 4.74 Å². The normalized spacial score (nSPS) is 11.2. The second-order valence-corrected chi connectivity index (χ2v) is 3.04. The molecule has 0 radical (unpaired) electrons. The van der Waals surface area contributed by atoms with Gasteiger partial charge in [-0.15, -0.1) is 13.2 Å². The smallest absolute Gasteiger partial charge is 0.477 e. The van der Waals surface area contributed by atoms with E-state index in [-0.39, 0.29) is 6.07 Å². The maximum atomic E-state index is 12.6. The van der Waals surface area contributed by atoms with E-state index < -0.39 is 41.5 Å². The lowest BCUT2D eigenvalue weighted by molar-refractivity contribution is -0.275. The zero-order valence-electron chi connectivity index (χ0n) is 8.70. The zero-order valence-corrected chi connectivity index (χ0v) is 8.70. The first kappa shape index (κ1) is 14.6. The Bertz CT molecular complexity index is 550. The van der Waals surface area contributed by atoms with Gasteiger partial charge in [0.15, 0.2) is 17.1 Å². The molecule has 0 unspecified atom stereocenters. The number of carbonyl (C=O) groups is 1. The van der Waals surface area contributed by atoms with Gasteiger partial charge in [0.1, 0.15) is 6.07 Å². The second-order valence-electron chi connectivity index (χ2n) is 3.04. The van der Waals surface area contributed by atoms with Crippen LogP contribution in [-0.4, -0.2) is 22.4 Å². The predicted octanol–water partition coefficient (Wildman–Crippen LogP) is 2.49. The summed E-state index contributed by atoms with van der Waals surface area (Å²) in [5.74, 6) is -3.27. The zero-order chi connectivity index (χ0) is 14.8. The van der Waals surface area contributed by atoms with Crippen LogP contribution in [0.25, 0.3) is 0 Å². The molecule has 10 heteroatoms. The third-order valence-corrected chi connectivity index (χ3v) is 1.78. The number of aromatic nitrogens is 1. The fourth-order valence-corrected chi connectivity index (χ4v) is 1.12. The number of halogens is 5. The fraction of sp³-hybridized carbons (Fsp3) is 0.222. The molecule has 0 spiro atoms. The van der Waals surface area contributed by atoms with Crippen molar-refractivity contribution < 1.29 is 36.6 Å². The molecule has 0 saturated carbocycles. The van der Waals surface area contributed by atoms with Gasteiger partial charge in [-0.2, -0.15) is 5.26 Å². The summed E-state index contributed by atoms with van der Waals surface area (Å²) in [6.07, 6.45) is -8.78. The van der Waals surface area contributed by atoms with Gasteiger partial charge in [0.2, 0.25) is 0 Å².